The van der Waals surface area contributed by atoms with E-state index in [0.717, 1.165) is 35.2 Å². The molecular formula is C27H34ClN3O3. The summed E-state index contributed by atoms with van der Waals surface area (Å²) in [6.07, 6.45) is 4.05. The first kappa shape index (κ1) is 26.0. The summed E-state index contributed by atoms with van der Waals surface area (Å²) in [4.78, 5) is 14.5. The third-order valence-corrected chi connectivity index (χ3v) is 6.13. The third-order valence-electron chi connectivity index (χ3n) is 5.88. The molecule has 1 unspecified atom stereocenters. The van der Waals surface area contributed by atoms with Crippen LogP contribution in [-0.4, -0.2) is 59.8 Å². The average molecular weight is 484 g/mol. The highest BCUT2D eigenvalue weighted by atomic mass is 35.5. The maximum atomic E-state index is 12.9. The molecule has 2 aromatic carbocycles. The second kappa shape index (κ2) is 11.7. The Morgan fingerprint density at radius 3 is 2.50 bits per heavy atom. The van der Waals surface area contributed by atoms with Gasteiger partial charge in [-0.05, 0) is 73.4 Å². The van der Waals surface area contributed by atoms with Gasteiger partial charge < -0.3 is 25.7 Å². The van der Waals surface area contributed by atoms with Crippen molar-refractivity contribution in [3.8, 4) is 0 Å². The van der Waals surface area contributed by atoms with Gasteiger partial charge in [-0.2, -0.15) is 0 Å². The molecule has 1 aliphatic heterocycles. The average Bonchev–Trinajstić information content (AvgIpc) is 2.81. The number of amides is 1. The Hall–Kier alpha value is -2.64. The number of hydrogen-bond acceptors (Lipinski definition) is 5. The van der Waals surface area contributed by atoms with Gasteiger partial charge in [0.05, 0.1) is 11.7 Å². The molecule has 3 rings (SSSR count). The van der Waals surface area contributed by atoms with E-state index in [1.165, 1.54) is 0 Å². The first-order chi connectivity index (χ1) is 16.1. The molecular weight excluding hydrogens is 450 g/mol. The Balaban J connectivity index is 1.46. The molecule has 0 radical (unpaired) electrons. The number of dihydropyridines is 1. The summed E-state index contributed by atoms with van der Waals surface area (Å²) in [6, 6.07) is 14.8. The number of benzene rings is 2. The Kier molecular flexibility index (Phi) is 8.91. The number of aliphatic hydroxyl groups is 2. The number of carbonyl (C=O) groups is 1. The highest BCUT2D eigenvalue weighted by Gasteiger charge is 2.22. The van der Waals surface area contributed by atoms with Crippen LogP contribution in [0.1, 0.15) is 41.4 Å². The fourth-order valence-electron chi connectivity index (χ4n) is 3.75. The number of nitrogens with zero attached hydrogens (tertiary/aromatic N) is 1. The van der Waals surface area contributed by atoms with Crippen molar-refractivity contribution >= 4 is 17.5 Å². The monoisotopic (exact) mass is 483 g/mol. The minimum absolute atomic E-state index is 0.0551. The van der Waals surface area contributed by atoms with Crippen LogP contribution in [0, 0.1) is 0 Å². The Morgan fingerprint density at radius 1 is 1.18 bits per heavy atom. The van der Waals surface area contributed by atoms with Crippen LogP contribution in [-0.2, 0) is 6.42 Å². The number of rotatable bonds is 10. The summed E-state index contributed by atoms with van der Waals surface area (Å²) in [5.41, 5.74) is 3.52. The van der Waals surface area contributed by atoms with E-state index in [0.29, 0.717) is 30.2 Å². The number of likely N-dealkylation sites (N-methyl/N-ethyl adjacent to an activating group) is 1. The molecule has 1 aliphatic rings. The highest BCUT2D eigenvalue weighted by Crippen LogP contribution is 2.20. The van der Waals surface area contributed by atoms with E-state index in [9.17, 15) is 15.0 Å². The number of nitrogens with one attached hydrogen (secondary N) is 2. The van der Waals surface area contributed by atoms with Crippen molar-refractivity contribution in [2.45, 2.75) is 32.0 Å². The van der Waals surface area contributed by atoms with Gasteiger partial charge in [-0.3, -0.25) is 4.79 Å². The van der Waals surface area contributed by atoms with Gasteiger partial charge in [-0.1, -0.05) is 41.9 Å². The van der Waals surface area contributed by atoms with Crippen LogP contribution < -0.4 is 10.6 Å². The molecule has 1 heterocycles. The van der Waals surface area contributed by atoms with E-state index >= 15 is 0 Å². The van der Waals surface area contributed by atoms with Crippen molar-refractivity contribution in [3.63, 3.8) is 0 Å². The zero-order chi connectivity index (χ0) is 24.7. The molecule has 2 aromatic rings. The lowest BCUT2D eigenvalue weighted by Crippen LogP contribution is -2.34. The summed E-state index contributed by atoms with van der Waals surface area (Å²) in [5.74, 6) is -0.0551. The van der Waals surface area contributed by atoms with Crippen molar-refractivity contribution in [1.29, 1.82) is 0 Å². The first-order valence-corrected chi connectivity index (χ1v) is 11.9. The number of halogens is 1. The van der Waals surface area contributed by atoms with Crippen LogP contribution >= 0.6 is 11.6 Å². The fraction of sp³-hybridized carbons (Fsp3) is 0.370. The molecule has 0 fully saturated rings. The van der Waals surface area contributed by atoms with Crippen molar-refractivity contribution in [2.24, 2.45) is 0 Å². The van der Waals surface area contributed by atoms with Crippen LogP contribution in [0.2, 0.25) is 5.02 Å². The molecule has 0 saturated heterocycles. The summed E-state index contributed by atoms with van der Waals surface area (Å²) < 4.78 is 0. The lowest BCUT2D eigenvalue weighted by molar-refractivity contribution is 0.0807. The number of aliphatic hydroxyl groups excluding tert-OH is 1. The quantitative estimate of drug-likeness (QED) is 0.389. The molecule has 4 N–H and O–H groups in total. The van der Waals surface area contributed by atoms with E-state index in [1.807, 2.05) is 48.7 Å². The molecule has 1 atom stereocenters. The summed E-state index contributed by atoms with van der Waals surface area (Å²) >= 11 is 5.89. The Morgan fingerprint density at radius 2 is 1.85 bits per heavy atom. The topological polar surface area (TPSA) is 84.8 Å². The lowest BCUT2D eigenvalue weighted by atomic mass is 9.94. The van der Waals surface area contributed by atoms with E-state index in [-0.39, 0.29) is 5.91 Å². The van der Waals surface area contributed by atoms with Crippen molar-refractivity contribution in [2.75, 3.05) is 33.2 Å². The van der Waals surface area contributed by atoms with E-state index in [1.54, 1.807) is 37.9 Å². The van der Waals surface area contributed by atoms with Gasteiger partial charge in [0.25, 0.3) is 5.91 Å². The van der Waals surface area contributed by atoms with Gasteiger partial charge in [-0.15, -0.1) is 0 Å². The Labute approximate surface area is 206 Å². The van der Waals surface area contributed by atoms with Gasteiger partial charge in [-0.25, -0.2) is 0 Å². The second-order valence-electron chi connectivity index (χ2n) is 9.21. The summed E-state index contributed by atoms with van der Waals surface area (Å²) in [5, 5.41) is 27.6. The predicted octanol–water partition coefficient (Wildman–Crippen LogP) is 3.46. The summed E-state index contributed by atoms with van der Waals surface area (Å²) in [7, 11) is 1.78. The zero-order valence-corrected chi connectivity index (χ0v) is 20.8. The van der Waals surface area contributed by atoms with Gasteiger partial charge in [0.15, 0.2) is 0 Å². The number of hydrogen-bond donors (Lipinski definition) is 4. The van der Waals surface area contributed by atoms with Crippen molar-refractivity contribution in [1.82, 2.24) is 15.5 Å². The van der Waals surface area contributed by atoms with Crippen LogP contribution in [0.5, 0.6) is 0 Å². The van der Waals surface area contributed by atoms with Crippen LogP contribution in [0.25, 0.3) is 0 Å². The SMILES string of the molecule is CN(CC1=CNCC(C(C)(C)O)=C1)C(=O)c1ccc(CCNCC(O)c2ccc(Cl)cc2)cc1. The molecule has 0 spiro atoms. The molecule has 1 amide bonds. The molecule has 34 heavy (non-hydrogen) atoms. The molecule has 182 valence electrons. The zero-order valence-electron chi connectivity index (χ0n) is 20.0. The lowest BCUT2D eigenvalue weighted by Gasteiger charge is -2.27. The highest BCUT2D eigenvalue weighted by molar-refractivity contribution is 6.30. The van der Waals surface area contributed by atoms with Crippen LogP contribution in [0.4, 0.5) is 0 Å². The van der Waals surface area contributed by atoms with Crippen LogP contribution in [0.3, 0.4) is 0 Å². The summed E-state index contributed by atoms with van der Waals surface area (Å²) in [6.45, 7) is 5.74. The molecule has 0 bridgehead atoms. The smallest absolute Gasteiger partial charge is 0.253 e. The third kappa shape index (κ3) is 7.43. The Bertz CT molecular complexity index is 1020. The van der Waals surface area contributed by atoms with Gasteiger partial charge in [0, 0.05) is 43.5 Å². The van der Waals surface area contributed by atoms with Crippen molar-refractivity contribution < 1.29 is 15.0 Å². The predicted molar refractivity (Wildman–Crippen MR) is 137 cm³/mol. The standard InChI is InChI=1S/C27H34ClN3O3/c1-27(2,34)23-14-20(15-30-16-23)18-31(3)26(33)22-6-4-19(5-7-22)12-13-29-17-25(32)21-8-10-24(28)11-9-21/h4-11,14-15,25,29-30,32,34H,12-13,16-18H2,1-3H3. The number of carbonyl (C=O) groups excluding carboxylic acids is 1. The van der Waals surface area contributed by atoms with Gasteiger partial charge in [0.2, 0.25) is 0 Å². The van der Waals surface area contributed by atoms with Crippen molar-refractivity contribution in [3.05, 3.63) is 93.7 Å². The van der Waals surface area contributed by atoms with E-state index in [4.69, 9.17) is 11.6 Å². The maximum Gasteiger partial charge on any atom is 0.253 e. The van der Waals surface area contributed by atoms with Gasteiger partial charge in [0.1, 0.15) is 0 Å². The van der Waals surface area contributed by atoms with E-state index in [2.05, 4.69) is 10.6 Å². The second-order valence-corrected chi connectivity index (χ2v) is 9.64. The van der Waals surface area contributed by atoms with E-state index < -0.39 is 11.7 Å². The van der Waals surface area contributed by atoms with Crippen LogP contribution in [0.15, 0.2) is 72.0 Å². The maximum absolute atomic E-state index is 12.9. The molecule has 6 nitrogen and oxygen atoms in total. The molecule has 0 saturated carbocycles. The minimum atomic E-state index is -0.895. The normalized spacial score (nSPS) is 14.6. The van der Waals surface area contributed by atoms with Gasteiger partial charge >= 0.3 is 0 Å². The molecule has 0 aromatic heterocycles. The molecule has 7 heteroatoms. The molecule has 0 aliphatic carbocycles. The first-order valence-electron chi connectivity index (χ1n) is 11.5. The largest absolute Gasteiger partial charge is 0.387 e. The fourth-order valence-corrected chi connectivity index (χ4v) is 3.87. The minimum Gasteiger partial charge on any atom is -0.387 e.